The third-order valence-electron chi connectivity index (χ3n) is 6.63. The summed E-state index contributed by atoms with van der Waals surface area (Å²) in [4.78, 5) is 27.1. The van der Waals surface area contributed by atoms with Gasteiger partial charge in [0.15, 0.2) is 5.65 Å². The summed E-state index contributed by atoms with van der Waals surface area (Å²) in [5, 5.41) is 6.04. The van der Waals surface area contributed by atoms with Gasteiger partial charge in [0.25, 0.3) is 5.91 Å². The summed E-state index contributed by atoms with van der Waals surface area (Å²) in [5.41, 5.74) is 3.41. The van der Waals surface area contributed by atoms with Crippen molar-refractivity contribution < 1.29 is 4.79 Å². The predicted molar refractivity (Wildman–Crippen MR) is 145 cm³/mol. The molecule has 0 saturated carbocycles. The fourth-order valence-corrected chi connectivity index (χ4v) is 4.94. The second kappa shape index (κ2) is 10.0. The van der Waals surface area contributed by atoms with Gasteiger partial charge in [0.2, 0.25) is 0 Å². The van der Waals surface area contributed by atoms with E-state index in [2.05, 4.69) is 22.1 Å². The molecule has 5 aromatic rings. The van der Waals surface area contributed by atoms with Crippen LogP contribution in [0.3, 0.4) is 0 Å². The van der Waals surface area contributed by atoms with Gasteiger partial charge in [-0.1, -0.05) is 72.3 Å². The molecule has 1 fully saturated rings. The van der Waals surface area contributed by atoms with Gasteiger partial charge < -0.3 is 9.80 Å². The molecule has 7 nitrogen and oxygen atoms in total. The molecule has 0 unspecified atom stereocenters. The quantitative estimate of drug-likeness (QED) is 0.333. The van der Waals surface area contributed by atoms with Crippen LogP contribution >= 0.6 is 11.6 Å². The van der Waals surface area contributed by atoms with Gasteiger partial charge in [0.05, 0.1) is 27.9 Å². The lowest BCUT2D eigenvalue weighted by Crippen LogP contribution is -2.49. The molecule has 3 heterocycles. The van der Waals surface area contributed by atoms with E-state index in [1.807, 2.05) is 76.4 Å². The summed E-state index contributed by atoms with van der Waals surface area (Å²) in [6.07, 6.45) is 2.46. The first-order valence-corrected chi connectivity index (χ1v) is 12.7. The maximum absolute atomic E-state index is 13.1. The van der Waals surface area contributed by atoms with Crippen LogP contribution in [-0.2, 0) is 6.42 Å². The molecule has 184 valence electrons. The van der Waals surface area contributed by atoms with Crippen LogP contribution in [0.25, 0.3) is 16.7 Å². The summed E-state index contributed by atoms with van der Waals surface area (Å²) >= 11 is 6.28. The lowest BCUT2D eigenvalue weighted by molar-refractivity contribution is 0.0747. The van der Waals surface area contributed by atoms with Crippen LogP contribution in [0.2, 0.25) is 5.02 Å². The molecule has 6 rings (SSSR count). The van der Waals surface area contributed by atoms with E-state index in [1.54, 1.807) is 12.1 Å². The number of carbonyl (C=O) groups is 1. The molecule has 0 aliphatic carbocycles. The van der Waals surface area contributed by atoms with Crippen LogP contribution in [0.1, 0.15) is 21.7 Å². The predicted octanol–water partition coefficient (Wildman–Crippen LogP) is 5.02. The van der Waals surface area contributed by atoms with E-state index in [4.69, 9.17) is 21.6 Å². The molecule has 3 aromatic carbocycles. The van der Waals surface area contributed by atoms with Crippen molar-refractivity contribution in [1.82, 2.24) is 24.6 Å². The number of halogens is 1. The summed E-state index contributed by atoms with van der Waals surface area (Å²) in [6.45, 7) is 2.47. The molecule has 0 bridgehead atoms. The Bertz CT molecular complexity index is 1550. The zero-order chi connectivity index (χ0) is 25.2. The van der Waals surface area contributed by atoms with Crippen molar-refractivity contribution in [2.24, 2.45) is 0 Å². The maximum atomic E-state index is 13.1. The van der Waals surface area contributed by atoms with E-state index in [-0.39, 0.29) is 5.91 Å². The first-order valence-electron chi connectivity index (χ1n) is 12.3. The molecule has 1 aliphatic rings. The third kappa shape index (κ3) is 4.66. The zero-order valence-electron chi connectivity index (χ0n) is 20.2. The normalized spacial score (nSPS) is 13.8. The third-order valence-corrected chi connectivity index (χ3v) is 6.96. The highest BCUT2D eigenvalue weighted by atomic mass is 35.5. The largest absolute Gasteiger partial charge is 0.352 e. The molecule has 1 amide bonds. The fraction of sp³-hybridized carbons (Fsp3) is 0.172. The highest BCUT2D eigenvalue weighted by Crippen LogP contribution is 2.28. The van der Waals surface area contributed by atoms with Crippen molar-refractivity contribution >= 4 is 34.4 Å². The van der Waals surface area contributed by atoms with Crippen LogP contribution in [-0.4, -0.2) is 56.7 Å². The van der Waals surface area contributed by atoms with Gasteiger partial charge in [-0.05, 0) is 29.8 Å². The van der Waals surface area contributed by atoms with Crippen molar-refractivity contribution in [3.8, 4) is 5.69 Å². The number of nitrogens with zero attached hydrogens (tertiary/aromatic N) is 6. The second-order valence-corrected chi connectivity index (χ2v) is 9.42. The molecule has 1 saturated heterocycles. The average molecular weight is 509 g/mol. The lowest BCUT2D eigenvalue weighted by atomic mass is 10.1. The summed E-state index contributed by atoms with van der Waals surface area (Å²) in [6, 6.07) is 27.4. The number of para-hydroxylation sites is 1. The Labute approximate surface area is 219 Å². The minimum absolute atomic E-state index is 0.0419. The molecule has 0 spiro atoms. The smallest absolute Gasteiger partial charge is 0.255 e. The summed E-state index contributed by atoms with van der Waals surface area (Å²) in [7, 11) is 0. The second-order valence-electron chi connectivity index (χ2n) is 9.01. The molecule has 0 N–H and O–H groups in total. The van der Waals surface area contributed by atoms with Crippen molar-refractivity contribution in [3.63, 3.8) is 0 Å². The van der Waals surface area contributed by atoms with Crippen molar-refractivity contribution in [2.75, 3.05) is 31.1 Å². The highest BCUT2D eigenvalue weighted by Gasteiger charge is 2.26. The minimum Gasteiger partial charge on any atom is -0.352 e. The molecule has 37 heavy (non-hydrogen) atoms. The fourth-order valence-electron chi connectivity index (χ4n) is 4.72. The number of aromatic nitrogens is 4. The number of piperazine rings is 1. The van der Waals surface area contributed by atoms with Crippen LogP contribution in [0.15, 0.2) is 91.1 Å². The van der Waals surface area contributed by atoms with Gasteiger partial charge >= 0.3 is 0 Å². The van der Waals surface area contributed by atoms with E-state index in [0.29, 0.717) is 43.2 Å². The Morgan fingerprint density at radius 1 is 0.811 bits per heavy atom. The molecule has 1 aliphatic heterocycles. The van der Waals surface area contributed by atoms with Crippen LogP contribution < -0.4 is 4.90 Å². The molecule has 0 radical (unpaired) electrons. The Morgan fingerprint density at radius 3 is 2.22 bits per heavy atom. The number of anilines is 1. The van der Waals surface area contributed by atoms with E-state index < -0.39 is 0 Å². The van der Waals surface area contributed by atoms with Crippen LogP contribution in [0.4, 0.5) is 5.82 Å². The lowest BCUT2D eigenvalue weighted by Gasteiger charge is -2.35. The average Bonchev–Trinajstić information content (AvgIpc) is 3.38. The van der Waals surface area contributed by atoms with Crippen molar-refractivity contribution in [1.29, 1.82) is 0 Å². The molecule has 2 aromatic heterocycles. The zero-order valence-corrected chi connectivity index (χ0v) is 20.9. The standard InChI is InChI=1S/C29H25ClN6O/c30-25-14-8-7-13-23(25)29(37)35-17-15-34(16-18-35)27-24-20-31-36(22-11-5-2-6-12-22)28(24)33-26(32-27)19-21-9-3-1-4-10-21/h1-14,20H,15-19H2. The molecular formula is C29H25ClN6O. The Hall–Kier alpha value is -4.23. The Kier molecular flexibility index (Phi) is 6.28. The van der Waals surface area contributed by atoms with E-state index in [9.17, 15) is 4.79 Å². The van der Waals surface area contributed by atoms with Crippen LogP contribution in [0.5, 0.6) is 0 Å². The van der Waals surface area contributed by atoms with Gasteiger partial charge in [-0.15, -0.1) is 0 Å². The van der Waals surface area contributed by atoms with E-state index >= 15 is 0 Å². The number of hydrogen-bond acceptors (Lipinski definition) is 5. The van der Waals surface area contributed by atoms with Gasteiger partial charge in [0.1, 0.15) is 11.6 Å². The number of amides is 1. The number of fused-ring (bicyclic) bond motifs is 1. The monoisotopic (exact) mass is 508 g/mol. The number of carbonyl (C=O) groups excluding carboxylic acids is 1. The van der Waals surface area contributed by atoms with Gasteiger partial charge in [-0.25, -0.2) is 14.6 Å². The van der Waals surface area contributed by atoms with Gasteiger partial charge in [-0.2, -0.15) is 5.10 Å². The number of benzene rings is 3. The highest BCUT2D eigenvalue weighted by molar-refractivity contribution is 6.33. The molecule has 8 heteroatoms. The van der Waals surface area contributed by atoms with Gasteiger partial charge in [0, 0.05) is 32.6 Å². The number of rotatable bonds is 5. The van der Waals surface area contributed by atoms with E-state index in [1.165, 1.54) is 0 Å². The van der Waals surface area contributed by atoms with Gasteiger partial charge in [-0.3, -0.25) is 4.79 Å². The molecular weight excluding hydrogens is 484 g/mol. The Morgan fingerprint density at radius 2 is 1.49 bits per heavy atom. The summed E-state index contributed by atoms with van der Waals surface area (Å²) in [5.74, 6) is 1.55. The first-order chi connectivity index (χ1) is 18.2. The molecule has 0 atom stereocenters. The minimum atomic E-state index is -0.0419. The van der Waals surface area contributed by atoms with E-state index in [0.717, 1.165) is 33.9 Å². The van der Waals surface area contributed by atoms with Crippen molar-refractivity contribution in [2.45, 2.75) is 6.42 Å². The SMILES string of the molecule is O=C(c1ccccc1Cl)N1CCN(c2nc(Cc3ccccc3)nc3c2cnn3-c2ccccc2)CC1. The topological polar surface area (TPSA) is 67.2 Å². The first kappa shape index (κ1) is 23.2. The Balaban J connectivity index is 1.33. The van der Waals surface area contributed by atoms with Crippen molar-refractivity contribution in [3.05, 3.63) is 113 Å². The number of hydrogen-bond donors (Lipinski definition) is 0. The summed E-state index contributed by atoms with van der Waals surface area (Å²) < 4.78 is 1.87. The maximum Gasteiger partial charge on any atom is 0.255 e. The van der Waals surface area contributed by atoms with Crippen LogP contribution in [0, 0.1) is 0 Å².